The highest BCUT2D eigenvalue weighted by atomic mass is 16.7. The number of rotatable bonds is 6. The normalized spacial score (nSPS) is 17.7. The molecule has 29 heavy (non-hydrogen) atoms. The summed E-state index contributed by atoms with van der Waals surface area (Å²) in [5, 5.41) is 3.12. The van der Waals surface area contributed by atoms with Gasteiger partial charge >= 0.3 is 0 Å². The Morgan fingerprint density at radius 1 is 1.17 bits per heavy atom. The summed E-state index contributed by atoms with van der Waals surface area (Å²) >= 11 is 0. The quantitative estimate of drug-likeness (QED) is 0.808. The molecule has 0 aromatic heterocycles. The molecule has 1 atom stereocenters. The van der Waals surface area contributed by atoms with Gasteiger partial charge in [-0.05, 0) is 56.1 Å². The van der Waals surface area contributed by atoms with Crippen LogP contribution in [0.2, 0.25) is 0 Å². The average Bonchev–Trinajstić information content (AvgIpc) is 3.23. The molecule has 0 bridgehead atoms. The van der Waals surface area contributed by atoms with E-state index in [1.54, 1.807) is 25.3 Å². The Hall–Kier alpha value is -2.73. The van der Waals surface area contributed by atoms with E-state index in [0.29, 0.717) is 23.6 Å². The number of hydrogen-bond acceptors (Lipinski definition) is 5. The van der Waals surface area contributed by atoms with E-state index in [4.69, 9.17) is 14.2 Å². The number of likely N-dealkylation sites (tertiary alicyclic amines) is 1. The Kier molecular flexibility index (Phi) is 5.90. The molecule has 1 fully saturated rings. The van der Waals surface area contributed by atoms with Gasteiger partial charge in [0.1, 0.15) is 5.75 Å². The Labute approximate surface area is 171 Å². The summed E-state index contributed by atoms with van der Waals surface area (Å²) in [7, 11) is 1.69. The molecule has 154 valence electrons. The second kappa shape index (κ2) is 8.74. The zero-order valence-corrected chi connectivity index (χ0v) is 17.0. The van der Waals surface area contributed by atoms with Crippen molar-refractivity contribution in [3.05, 3.63) is 53.6 Å². The Bertz CT molecular complexity index is 862. The van der Waals surface area contributed by atoms with E-state index in [9.17, 15) is 4.79 Å². The topological polar surface area (TPSA) is 60.0 Å². The summed E-state index contributed by atoms with van der Waals surface area (Å²) in [5.41, 5.74) is 1.68. The Morgan fingerprint density at radius 3 is 2.72 bits per heavy atom. The molecule has 4 rings (SSSR count). The van der Waals surface area contributed by atoms with Crippen molar-refractivity contribution in [2.45, 2.75) is 25.8 Å². The standard InChI is InChI=1S/C23H28N2O4/c1-16-9-11-25(12-10-16)19(18-5-3-4-6-20(18)27-2)14-24-23(26)17-7-8-21-22(13-17)29-15-28-21/h3-8,13,16,19H,9-12,14-15H2,1-2H3,(H,24,26). The molecular weight excluding hydrogens is 368 g/mol. The number of methoxy groups -OCH3 is 1. The van der Waals surface area contributed by atoms with Gasteiger partial charge in [-0.15, -0.1) is 0 Å². The average molecular weight is 396 g/mol. The molecule has 0 aliphatic carbocycles. The van der Waals surface area contributed by atoms with Gasteiger partial charge in [0.2, 0.25) is 6.79 Å². The minimum absolute atomic E-state index is 0.0663. The van der Waals surface area contributed by atoms with E-state index in [1.165, 1.54) is 12.8 Å². The third-order valence-corrected chi connectivity index (χ3v) is 5.85. The maximum Gasteiger partial charge on any atom is 0.251 e. The van der Waals surface area contributed by atoms with Gasteiger partial charge in [-0.3, -0.25) is 9.69 Å². The number of hydrogen-bond donors (Lipinski definition) is 1. The SMILES string of the molecule is COc1ccccc1C(CNC(=O)c1ccc2c(c1)OCO2)N1CCC(C)CC1. The van der Waals surface area contributed by atoms with Gasteiger partial charge in [0.25, 0.3) is 5.91 Å². The highest BCUT2D eigenvalue weighted by Crippen LogP contribution is 2.33. The van der Waals surface area contributed by atoms with Gasteiger partial charge < -0.3 is 19.5 Å². The molecule has 6 nitrogen and oxygen atoms in total. The van der Waals surface area contributed by atoms with Gasteiger partial charge in [-0.1, -0.05) is 25.1 Å². The van der Waals surface area contributed by atoms with E-state index in [0.717, 1.165) is 30.3 Å². The molecule has 2 aromatic carbocycles. The third kappa shape index (κ3) is 4.32. The highest BCUT2D eigenvalue weighted by Gasteiger charge is 2.27. The van der Waals surface area contributed by atoms with E-state index in [1.807, 2.05) is 18.2 Å². The van der Waals surface area contributed by atoms with Crippen LogP contribution in [0.15, 0.2) is 42.5 Å². The lowest BCUT2D eigenvalue weighted by molar-refractivity contribution is 0.0910. The van der Waals surface area contributed by atoms with Crippen LogP contribution in [0.25, 0.3) is 0 Å². The minimum atomic E-state index is -0.117. The summed E-state index contributed by atoms with van der Waals surface area (Å²) in [4.78, 5) is 15.3. The van der Waals surface area contributed by atoms with Crippen molar-refractivity contribution in [1.82, 2.24) is 10.2 Å². The monoisotopic (exact) mass is 396 g/mol. The van der Waals surface area contributed by atoms with E-state index < -0.39 is 0 Å². The van der Waals surface area contributed by atoms with Crippen molar-refractivity contribution in [2.24, 2.45) is 5.92 Å². The molecule has 2 heterocycles. The molecule has 2 aromatic rings. The maximum atomic E-state index is 12.8. The van der Waals surface area contributed by atoms with Crippen LogP contribution in [0.3, 0.4) is 0 Å². The number of amides is 1. The molecule has 1 amide bonds. The van der Waals surface area contributed by atoms with Crippen LogP contribution in [0.4, 0.5) is 0 Å². The first-order chi connectivity index (χ1) is 14.2. The van der Waals surface area contributed by atoms with Crippen molar-refractivity contribution in [2.75, 3.05) is 33.5 Å². The van der Waals surface area contributed by atoms with Crippen LogP contribution in [-0.4, -0.2) is 44.3 Å². The number of carbonyl (C=O) groups is 1. The number of nitrogens with zero attached hydrogens (tertiary/aromatic N) is 1. The van der Waals surface area contributed by atoms with Gasteiger partial charge in [0, 0.05) is 17.7 Å². The molecule has 0 saturated carbocycles. The lowest BCUT2D eigenvalue weighted by Gasteiger charge is -2.37. The second-order valence-corrected chi connectivity index (χ2v) is 7.75. The number of para-hydroxylation sites is 1. The zero-order valence-electron chi connectivity index (χ0n) is 17.0. The third-order valence-electron chi connectivity index (χ3n) is 5.85. The van der Waals surface area contributed by atoms with Gasteiger partial charge in [-0.25, -0.2) is 0 Å². The molecule has 1 saturated heterocycles. The molecule has 0 spiro atoms. The molecule has 2 aliphatic heterocycles. The van der Waals surface area contributed by atoms with Crippen molar-refractivity contribution < 1.29 is 19.0 Å². The Balaban J connectivity index is 1.51. The van der Waals surface area contributed by atoms with Crippen molar-refractivity contribution in [3.8, 4) is 17.2 Å². The smallest absolute Gasteiger partial charge is 0.251 e. The number of fused-ring (bicyclic) bond motifs is 1. The number of benzene rings is 2. The zero-order chi connectivity index (χ0) is 20.2. The van der Waals surface area contributed by atoms with Crippen LogP contribution in [-0.2, 0) is 0 Å². The first-order valence-electron chi connectivity index (χ1n) is 10.2. The van der Waals surface area contributed by atoms with E-state index in [2.05, 4.69) is 23.2 Å². The Morgan fingerprint density at radius 2 is 1.93 bits per heavy atom. The predicted molar refractivity (Wildman–Crippen MR) is 111 cm³/mol. The van der Waals surface area contributed by atoms with E-state index >= 15 is 0 Å². The van der Waals surface area contributed by atoms with Crippen LogP contribution >= 0.6 is 0 Å². The van der Waals surface area contributed by atoms with Crippen LogP contribution < -0.4 is 19.5 Å². The van der Waals surface area contributed by atoms with E-state index in [-0.39, 0.29) is 18.7 Å². The summed E-state index contributed by atoms with van der Waals surface area (Å²) in [6.45, 7) is 5.05. The summed E-state index contributed by atoms with van der Waals surface area (Å²) in [5.74, 6) is 2.77. The van der Waals surface area contributed by atoms with Crippen LogP contribution in [0, 0.1) is 5.92 Å². The molecular formula is C23H28N2O4. The molecule has 2 aliphatic rings. The molecule has 1 unspecified atom stereocenters. The second-order valence-electron chi connectivity index (χ2n) is 7.75. The molecule has 0 radical (unpaired) electrons. The first kappa shape index (κ1) is 19.6. The van der Waals surface area contributed by atoms with Crippen molar-refractivity contribution in [1.29, 1.82) is 0 Å². The van der Waals surface area contributed by atoms with Crippen LogP contribution in [0.1, 0.15) is 41.7 Å². The maximum absolute atomic E-state index is 12.8. The van der Waals surface area contributed by atoms with Crippen molar-refractivity contribution >= 4 is 5.91 Å². The number of ether oxygens (including phenoxy) is 3. The number of piperidine rings is 1. The fourth-order valence-corrected chi connectivity index (χ4v) is 4.05. The van der Waals surface area contributed by atoms with Crippen molar-refractivity contribution in [3.63, 3.8) is 0 Å². The fourth-order valence-electron chi connectivity index (χ4n) is 4.05. The van der Waals surface area contributed by atoms with Crippen LogP contribution in [0.5, 0.6) is 17.2 Å². The lowest BCUT2D eigenvalue weighted by Crippen LogP contribution is -2.42. The van der Waals surface area contributed by atoms with Gasteiger partial charge in [0.15, 0.2) is 11.5 Å². The predicted octanol–water partition coefficient (Wildman–Crippen LogP) is 3.63. The highest BCUT2D eigenvalue weighted by molar-refractivity contribution is 5.95. The molecule has 1 N–H and O–H groups in total. The first-order valence-corrected chi connectivity index (χ1v) is 10.2. The minimum Gasteiger partial charge on any atom is -0.496 e. The molecule has 6 heteroatoms. The summed E-state index contributed by atoms with van der Waals surface area (Å²) in [6.07, 6.45) is 2.34. The fraction of sp³-hybridized carbons (Fsp3) is 0.435. The number of carbonyl (C=O) groups excluding carboxylic acids is 1. The number of nitrogens with one attached hydrogen (secondary N) is 1. The largest absolute Gasteiger partial charge is 0.496 e. The summed E-state index contributed by atoms with van der Waals surface area (Å²) < 4.78 is 16.3. The lowest BCUT2D eigenvalue weighted by atomic mass is 9.95. The van der Waals surface area contributed by atoms with Gasteiger partial charge in [0.05, 0.1) is 13.2 Å². The van der Waals surface area contributed by atoms with Gasteiger partial charge in [-0.2, -0.15) is 0 Å². The summed E-state index contributed by atoms with van der Waals surface area (Å²) in [6, 6.07) is 13.4.